The van der Waals surface area contributed by atoms with Gasteiger partial charge in [0.05, 0.1) is 11.7 Å². The predicted molar refractivity (Wildman–Crippen MR) is 103 cm³/mol. The molecule has 0 spiro atoms. The number of ether oxygens (including phenoxy) is 1. The van der Waals surface area contributed by atoms with Gasteiger partial charge in [-0.15, -0.1) is 0 Å². The first-order valence-corrected chi connectivity index (χ1v) is 10.0. The van der Waals surface area contributed by atoms with Crippen LogP contribution in [0.1, 0.15) is 24.2 Å². The highest BCUT2D eigenvalue weighted by molar-refractivity contribution is 8.03. The third-order valence-corrected chi connectivity index (χ3v) is 6.72. The Labute approximate surface area is 155 Å². The molecule has 132 valence electrons. The summed E-state index contributed by atoms with van der Waals surface area (Å²) in [4.78, 5) is 14.2. The summed E-state index contributed by atoms with van der Waals surface area (Å²) in [6, 6.07) is 25.7. The fourth-order valence-electron chi connectivity index (χ4n) is 2.70. The summed E-state index contributed by atoms with van der Waals surface area (Å²) in [5.74, 6) is -0.377. The van der Waals surface area contributed by atoms with E-state index in [0.717, 1.165) is 9.79 Å². The Morgan fingerprint density at radius 1 is 0.731 bits per heavy atom. The molecule has 0 saturated heterocycles. The SMILES string of the molecule is CC(C)OC(=O)c1ccc([S+](=O)(c2ccccc2)c2ccccc2)cc1. The third-order valence-electron chi connectivity index (χ3n) is 3.91. The fourth-order valence-corrected chi connectivity index (χ4v) is 5.11. The van der Waals surface area contributed by atoms with Gasteiger partial charge in [0.1, 0.15) is 0 Å². The average molecular weight is 365 g/mol. The minimum Gasteiger partial charge on any atom is -0.459 e. The van der Waals surface area contributed by atoms with E-state index in [1.807, 2.05) is 74.5 Å². The van der Waals surface area contributed by atoms with Crippen molar-refractivity contribution in [3.63, 3.8) is 0 Å². The Morgan fingerprint density at radius 3 is 1.58 bits per heavy atom. The van der Waals surface area contributed by atoms with Crippen LogP contribution < -0.4 is 0 Å². The lowest BCUT2D eigenvalue weighted by atomic mass is 10.2. The molecule has 0 unspecified atom stereocenters. The van der Waals surface area contributed by atoms with Gasteiger partial charge in [-0.2, -0.15) is 0 Å². The molecule has 0 N–H and O–H groups in total. The van der Waals surface area contributed by atoms with E-state index in [-0.39, 0.29) is 12.1 Å². The second kappa shape index (κ2) is 7.67. The van der Waals surface area contributed by atoms with E-state index < -0.39 is 9.93 Å². The zero-order valence-electron chi connectivity index (χ0n) is 14.8. The normalized spacial score (nSPS) is 11.3. The molecular weight excluding hydrogens is 344 g/mol. The molecule has 0 heterocycles. The second-order valence-corrected chi connectivity index (χ2v) is 8.69. The first kappa shape index (κ1) is 18.1. The van der Waals surface area contributed by atoms with Crippen molar-refractivity contribution in [1.29, 1.82) is 0 Å². The van der Waals surface area contributed by atoms with Gasteiger partial charge < -0.3 is 4.74 Å². The lowest BCUT2D eigenvalue weighted by Gasteiger charge is -2.13. The highest BCUT2D eigenvalue weighted by Gasteiger charge is 2.37. The van der Waals surface area contributed by atoms with Crippen molar-refractivity contribution >= 4 is 15.9 Å². The molecule has 3 aromatic carbocycles. The van der Waals surface area contributed by atoms with E-state index >= 15 is 0 Å². The maximum absolute atomic E-state index is 14.1. The Bertz CT molecular complexity index is 873. The summed E-state index contributed by atoms with van der Waals surface area (Å²) in [5, 5.41) is 0. The molecule has 0 amide bonds. The molecule has 0 saturated carbocycles. The van der Waals surface area contributed by atoms with Crippen LogP contribution in [-0.2, 0) is 18.9 Å². The number of carbonyl (C=O) groups excluding carboxylic acids is 1. The van der Waals surface area contributed by atoms with E-state index in [4.69, 9.17) is 4.74 Å². The molecule has 0 fully saturated rings. The number of benzene rings is 3. The van der Waals surface area contributed by atoms with E-state index in [0.29, 0.717) is 10.5 Å². The quantitative estimate of drug-likeness (QED) is 0.459. The molecule has 0 bridgehead atoms. The summed E-state index contributed by atoms with van der Waals surface area (Å²) in [5.41, 5.74) is 0.449. The smallest absolute Gasteiger partial charge is 0.338 e. The van der Waals surface area contributed by atoms with E-state index in [1.165, 1.54) is 0 Å². The number of hydrogen-bond acceptors (Lipinski definition) is 3. The zero-order valence-corrected chi connectivity index (χ0v) is 15.6. The van der Waals surface area contributed by atoms with Gasteiger partial charge in [0.2, 0.25) is 0 Å². The van der Waals surface area contributed by atoms with Gasteiger partial charge in [-0.05, 0) is 62.4 Å². The van der Waals surface area contributed by atoms with Crippen LogP contribution in [0.4, 0.5) is 0 Å². The molecule has 0 aromatic heterocycles. The van der Waals surface area contributed by atoms with Crippen molar-refractivity contribution in [3.8, 4) is 0 Å². The maximum atomic E-state index is 14.1. The van der Waals surface area contributed by atoms with Gasteiger partial charge in [-0.3, -0.25) is 0 Å². The lowest BCUT2D eigenvalue weighted by Crippen LogP contribution is -2.14. The van der Waals surface area contributed by atoms with E-state index in [2.05, 4.69) is 0 Å². The van der Waals surface area contributed by atoms with Crippen LogP contribution in [-0.4, -0.2) is 12.1 Å². The number of carbonyl (C=O) groups is 1. The predicted octanol–water partition coefficient (Wildman–Crippen LogP) is 5.23. The van der Waals surface area contributed by atoms with Gasteiger partial charge in [-0.25, -0.2) is 4.79 Å². The highest BCUT2D eigenvalue weighted by atomic mass is 32.2. The van der Waals surface area contributed by atoms with Crippen molar-refractivity contribution in [2.24, 2.45) is 0 Å². The van der Waals surface area contributed by atoms with Crippen LogP contribution in [0.5, 0.6) is 0 Å². The topological polar surface area (TPSA) is 43.4 Å². The summed E-state index contributed by atoms with van der Waals surface area (Å²) < 4.78 is 19.4. The molecule has 0 aliphatic carbocycles. The van der Waals surface area contributed by atoms with Gasteiger partial charge in [0, 0.05) is 0 Å². The van der Waals surface area contributed by atoms with Gasteiger partial charge >= 0.3 is 5.97 Å². The summed E-state index contributed by atoms with van der Waals surface area (Å²) >= 11 is 0. The van der Waals surface area contributed by atoms with Crippen LogP contribution in [0.25, 0.3) is 0 Å². The molecule has 3 nitrogen and oxygen atoms in total. The molecule has 0 radical (unpaired) electrons. The molecule has 3 rings (SSSR count). The van der Waals surface area contributed by atoms with Gasteiger partial charge in [0.25, 0.3) is 0 Å². The van der Waals surface area contributed by atoms with E-state index in [9.17, 15) is 9.00 Å². The van der Waals surface area contributed by atoms with Crippen molar-refractivity contribution in [2.45, 2.75) is 34.6 Å². The van der Waals surface area contributed by atoms with Crippen molar-refractivity contribution in [1.82, 2.24) is 0 Å². The molecule has 3 aromatic rings. The maximum Gasteiger partial charge on any atom is 0.338 e. The molecular formula is C22H21O3S+. The monoisotopic (exact) mass is 365 g/mol. The van der Waals surface area contributed by atoms with Crippen LogP contribution in [0.15, 0.2) is 99.6 Å². The minimum absolute atomic E-state index is 0.181. The van der Waals surface area contributed by atoms with Crippen LogP contribution >= 0.6 is 0 Å². The second-order valence-electron chi connectivity index (χ2n) is 6.16. The van der Waals surface area contributed by atoms with Crippen LogP contribution in [0.3, 0.4) is 0 Å². The Balaban J connectivity index is 2.07. The minimum atomic E-state index is -2.64. The number of hydrogen-bond donors (Lipinski definition) is 0. The zero-order chi connectivity index (χ0) is 18.6. The largest absolute Gasteiger partial charge is 0.459 e. The molecule has 26 heavy (non-hydrogen) atoms. The first-order chi connectivity index (χ1) is 12.5. The first-order valence-electron chi connectivity index (χ1n) is 8.47. The lowest BCUT2D eigenvalue weighted by molar-refractivity contribution is 0.0378. The van der Waals surface area contributed by atoms with Crippen LogP contribution in [0, 0.1) is 0 Å². The van der Waals surface area contributed by atoms with Crippen molar-refractivity contribution in [2.75, 3.05) is 0 Å². The van der Waals surface area contributed by atoms with Gasteiger partial charge in [0.15, 0.2) is 24.6 Å². The molecule has 0 atom stereocenters. The summed E-state index contributed by atoms with van der Waals surface area (Å²) in [7, 11) is -2.64. The van der Waals surface area contributed by atoms with E-state index in [1.54, 1.807) is 24.3 Å². The summed E-state index contributed by atoms with van der Waals surface area (Å²) in [6.45, 7) is 3.62. The molecule has 0 aliphatic rings. The fraction of sp³-hybridized carbons (Fsp3) is 0.136. The standard InChI is InChI=1S/C22H21O3S/c1-17(2)25-22(23)18-13-15-21(16-14-18)26(24,19-9-5-3-6-10-19)20-11-7-4-8-12-20/h3-17H,1-2H3/q+1. The number of rotatable bonds is 5. The average Bonchev–Trinajstić information content (AvgIpc) is 2.68. The molecule has 4 heteroatoms. The van der Waals surface area contributed by atoms with Crippen molar-refractivity contribution < 1.29 is 13.7 Å². The van der Waals surface area contributed by atoms with Gasteiger partial charge in [-0.1, -0.05) is 40.6 Å². The Morgan fingerprint density at radius 2 is 1.15 bits per heavy atom. The van der Waals surface area contributed by atoms with Crippen molar-refractivity contribution in [3.05, 3.63) is 90.5 Å². The molecule has 0 aliphatic heterocycles. The van der Waals surface area contributed by atoms with Crippen LogP contribution in [0.2, 0.25) is 0 Å². The third kappa shape index (κ3) is 3.60. The Hall–Kier alpha value is -2.72. The summed E-state index contributed by atoms with van der Waals surface area (Å²) in [6.07, 6.45) is -0.181. The number of esters is 1. The Kier molecular flexibility index (Phi) is 5.33. The highest BCUT2D eigenvalue weighted by Crippen LogP contribution is 2.36.